The van der Waals surface area contributed by atoms with Crippen LogP contribution in [0.15, 0.2) is 47.0 Å². The molecule has 0 saturated carbocycles. The second-order valence-corrected chi connectivity index (χ2v) is 4.92. The molecule has 3 aromatic rings. The van der Waals surface area contributed by atoms with Gasteiger partial charge in [-0.3, -0.25) is 0 Å². The van der Waals surface area contributed by atoms with Gasteiger partial charge in [0, 0.05) is 11.4 Å². The minimum absolute atomic E-state index is 0.000329. The Morgan fingerprint density at radius 2 is 2.05 bits per heavy atom. The maximum Gasteiger partial charge on any atom is 0.261 e. The van der Waals surface area contributed by atoms with Gasteiger partial charge in [0.15, 0.2) is 5.82 Å². The Hall–Kier alpha value is -2.40. The molecule has 0 saturated heterocycles. The lowest BCUT2D eigenvalue weighted by molar-refractivity contribution is 0.418. The second kappa shape index (κ2) is 5.54. The maximum absolute atomic E-state index is 13.1. The van der Waals surface area contributed by atoms with E-state index in [0.717, 1.165) is 5.56 Å². The van der Waals surface area contributed by atoms with E-state index in [1.54, 1.807) is 18.2 Å². The van der Waals surface area contributed by atoms with E-state index in [-0.39, 0.29) is 17.5 Å². The number of hydrogen-bond acceptors (Lipinski definition) is 4. The van der Waals surface area contributed by atoms with Gasteiger partial charge in [0.2, 0.25) is 0 Å². The van der Waals surface area contributed by atoms with Gasteiger partial charge in [-0.15, -0.1) is 0 Å². The van der Waals surface area contributed by atoms with Crippen LogP contribution in [-0.2, 0) is 6.42 Å². The highest BCUT2D eigenvalue weighted by atomic mass is 35.5. The van der Waals surface area contributed by atoms with Crippen molar-refractivity contribution < 1.29 is 14.0 Å². The van der Waals surface area contributed by atoms with Crippen LogP contribution in [0, 0.1) is 5.82 Å². The van der Waals surface area contributed by atoms with E-state index in [1.165, 1.54) is 24.3 Å². The summed E-state index contributed by atoms with van der Waals surface area (Å²) in [5.41, 5.74) is 1.10. The third kappa shape index (κ3) is 3.03. The molecule has 0 radical (unpaired) electrons. The molecule has 6 heteroatoms. The van der Waals surface area contributed by atoms with Gasteiger partial charge in [0.05, 0.1) is 5.56 Å². The van der Waals surface area contributed by atoms with E-state index in [0.29, 0.717) is 22.8 Å². The molecule has 0 amide bonds. The zero-order valence-corrected chi connectivity index (χ0v) is 11.5. The predicted octanol–water partition coefficient (Wildman–Crippen LogP) is 3.83. The Balaban J connectivity index is 1.88. The van der Waals surface area contributed by atoms with Gasteiger partial charge in [-0.05, 0) is 35.9 Å². The molecule has 0 bridgehead atoms. The van der Waals surface area contributed by atoms with E-state index in [9.17, 15) is 9.50 Å². The molecule has 21 heavy (non-hydrogen) atoms. The smallest absolute Gasteiger partial charge is 0.261 e. The molecule has 4 nitrogen and oxygen atoms in total. The third-order valence-electron chi connectivity index (χ3n) is 2.91. The van der Waals surface area contributed by atoms with Crippen LogP contribution in [0.5, 0.6) is 5.75 Å². The first-order chi connectivity index (χ1) is 10.1. The number of halogens is 2. The Morgan fingerprint density at radius 3 is 2.86 bits per heavy atom. The van der Waals surface area contributed by atoms with Gasteiger partial charge in [0.1, 0.15) is 11.6 Å². The highest BCUT2D eigenvalue weighted by Crippen LogP contribution is 2.30. The number of phenols is 1. The van der Waals surface area contributed by atoms with Gasteiger partial charge >= 0.3 is 0 Å². The van der Waals surface area contributed by atoms with E-state index in [2.05, 4.69) is 10.1 Å². The number of rotatable bonds is 3. The molecule has 0 spiro atoms. The molecule has 0 aliphatic heterocycles. The summed E-state index contributed by atoms with van der Waals surface area (Å²) < 4.78 is 18.2. The fraction of sp³-hybridized carbons (Fsp3) is 0.0667. The molecular weight excluding hydrogens is 295 g/mol. The van der Waals surface area contributed by atoms with E-state index in [4.69, 9.17) is 16.1 Å². The molecule has 0 aliphatic carbocycles. The Bertz CT molecular complexity index is 789. The number of aromatic hydroxyl groups is 1. The van der Waals surface area contributed by atoms with Crippen LogP contribution in [0.1, 0.15) is 11.4 Å². The summed E-state index contributed by atoms with van der Waals surface area (Å²) >= 11 is 5.88. The number of benzene rings is 2. The molecule has 1 heterocycles. The van der Waals surface area contributed by atoms with Gasteiger partial charge in [-0.1, -0.05) is 28.9 Å². The average Bonchev–Trinajstić information content (AvgIpc) is 2.90. The highest BCUT2D eigenvalue weighted by molar-refractivity contribution is 6.30. The molecule has 1 N–H and O–H groups in total. The average molecular weight is 305 g/mol. The first-order valence-electron chi connectivity index (χ1n) is 6.18. The standard InChI is InChI=1S/C15H10ClFN2O2/c16-10-4-5-13(20)12(8-10)15-18-14(19-21-15)7-9-2-1-3-11(17)6-9/h1-6,8,20H,7H2. The molecule has 0 fully saturated rings. The SMILES string of the molecule is Oc1ccc(Cl)cc1-c1nc(Cc2cccc(F)c2)no1. The van der Waals surface area contributed by atoms with Crippen molar-refractivity contribution in [3.8, 4) is 17.2 Å². The van der Waals surface area contributed by atoms with Crippen LogP contribution >= 0.6 is 11.6 Å². The van der Waals surface area contributed by atoms with Crippen molar-refractivity contribution in [3.63, 3.8) is 0 Å². The minimum atomic E-state index is -0.316. The van der Waals surface area contributed by atoms with Crippen LogP contribution in [0.2, 0.25) is 5.02 Å². The molecule has 1 aromatic heterocycles. The molecule has 0 atom stereocenters. The van der Waals surface area contributed by atoms with Crippen molar-refractivity contribution in [1.82, 2.24) is 10.1 Å². The lowest BCUT2D eigenvalue weighted by Gasteiger charge is -1.99. The van der Waals surface area contributed by atoms with E-state index in [1.807, 2.05) is 0 Å². The Morgan fingerprint density at radius 1 is 1.19 bits per heavy atom. The van der Waals surface area contributed by atoms with E-state index < -0.39 is 0 Å². The van der Waals surface area contributed by atoms with Crippen molar-refractivity contribution in [2.75, 3.05) is 0 Å². The first-order valence-corrected chi connectivity index (χ1v) is 6.55. The topological polar surface area (TPSA) is 59.2 Å². The molecule has 0 aliphatic rings. The van der Waals surface area contributed by atoms with Crippen molar-refractivity contribution in [3.05, 3.63) is 64.7 Å². The van der Waals surface area contributed by atoms with Crippen molar-refractivity contribution >= 4 is 11.6 Å². The molecule has 3 rings (SSSR count). The fourth-order valence-corrected chi connectivity index (χ4v) is 2.12. The van der Waals surface area contributed by atoms with Gasteiger partial charge in [-0.2, -0.15) is 4.98 Å². The molecule has 0 unspecified atom stereocenters. The van der Waals surface area contributed by atoms with Crippen LogP contribution in [0.4, 0.5) is 4.39 Å². The normalized spacial score (nSPS) is 10.8. The van der Waals surface area contributed by atoms with Gasteiger partial charge in [0.25, 0.3) is 5.89 Å². The zero-order valence-electron chi connectivity index (χ0n) is 10.8. The van der Waals surface area contributed by atoms with Gasteiger partial charge < -0.3 is 9.63 Å². The summed E-state index contributed by atoms with van der Waals surface area (Å²) in [5.74, 6) is 0.250. The zero-order chi connectivity index (χ0) is 14.8. The summed E-state index contributed by atoms with van der Waals surface area (Å²) in [5, 5.41) is 14.1. The summed E-state index contributed by atoms with van der Waals surface area (Å²) in [6.45, 7) is 0. The maximum atomic E-state index is 13.1. The van der Waals surface area contributed by atoms with Crippen molar-refractivity contribution in [2.24, 2.45) is 0 Å². The minimum Gasteiger partial charge on any atom is -0.507 e. The summed E-state index contributed by atoms with van der Waals surface area (Å²) in [7, 11) is 0. The summed E-state index contributed by atoms with van der Waals surface area (Å²) in [6, 6.07) is 10.7. The number of phenolic OH excluding ortho intramolecular Hbond substituents is 1. The fourth-order valence-electron chi connectivity index (χ4n) is 1.94. The number of hydrogen-bond donors (Lipinski definition) is 1. The largest absolute Gasteiger partial charge is 0.507 e. The predicted molar refractivity (Wildman–Crippen MR) is 75.6 cm³/mol. The quantitative estimate of drug-likeness (QED) is 0.799. The lowest BCUT2D eigenvalue weighted by atomic mass is 10.1. The highest BCUT2D eigenvalue weighted by Gasteiger charge is 2.13. The second-order valence-electron chi connectivity index (χ2n) is 4.48. The Labute approximate surface area is 124 Å². The summed E-state index contributed by atoms with van der Waals surface area (Å²) in [4.78, 5) is 4.19. The Kier molecular flexibility index (Phi) is 3.58. The lowest BCUT2D eigenvalue weighted by Crippen LogP contribution is -1.91. The van der Waals surface area contributed by atoms with Crippen molar-refractivity contribution in [1.29, 1.82) is 0 Å². The van der Waals surface area contributed by atoms with Crippen LogP contribution < -0.4 is 0 Å². The van der Waals surface area contributed by atoms with Crippen LogP contribution in [-0.4, -0.2) is 15.2 Å². The first kappa shape index (κ1) is 13.6. The molecule has 106 valence electrons. The van der Waals surface area contributed by atoms with Gasteiger partial charge in [-0.25, -0.2) is 4.39 Å². The molecule has 2 aromatic carbocycles. The van der Waals surface area contributed by atoms with E-state index >= 15 is 0 Å². The monoisotopic (exact) mass is 304 g/mol. The van der Waals surface area contributed by atoms with Crippen LogP contribution in [0.3, 0.4) is 0 Å². The van der Waals surface area contributed by atoms with Crippen molar-refractivity contribution in [2.45, 2.75) is 6.42 Å². The molecular formula is C15H10ClFN2O2. The number of aromatic nitrogens is 2. The third-order valence-corrected chi connectivity index (χ3v) is 3.14. The van der Waals surface area contributed by atoms with Crippen LogP contribution in [0.25, 0.3) is 11.5 Å². The number of nitrogens with zero attached hydrogens (tertiary/aromatic N) is 2. The summed E-state index contributed by atoms with van der Waals surface area (Å²) in [6.07, 6.45) is 0.336.